The summed E-state index contributed by atoms with van der Waals surface area (Å²) in [7, 11) is 0. The molecule has 8 rings (SSSR count). The first kappa shape index (κ1) is 62.0. The van der Waals surface area contributed by atoms with E-state index in [9.17, 15) is 40.7 Å². The fourth-order valence-electron chi connectivity index (χ4n) is 8.30. The summed E-state index contributed by atoms with van der Waals surface area (Å²) in [6.45, 7) is 21.2. The van der Waals surface area contributed by atoms with E-state index in [-0.39, 0.29) is 11.1 Å². The number of aryl methyl sites for hydroxylation is 2. The molecule has 0 bridgehead atoms. The minimum absolute atomic E-state index is 0.144. The largest absolute Gasteiger partial charge is 0.444 e. The van der Waals surface area contributed by atoms with E-state index >= 15 is 0 Å². The van der Waals surface area contributed by atoms with Gasteiger partial charge in [-0.15, -0.1) is 0 Å². The number of ether oxygens (including phenoxy) is 3. The highest BCUT2D eigenvalue weighted by Gasteiger charge is 2.34. The van der Waals surface area contributed by atoms with Gasteiger partial charge in [-0.05, 0) is 180 Å². The Hall–Kier alpha value is -8.57. The van der Waals surface area contributed by atoms with Crippen LogP contribution in [-0.4, -0.2) is 107 Å². The number of anilines is 4. The second-order valence-corrected chi connectivity index (χ2v) is 21.7. The average molecular weight is 1150 g/mol. The molecule has 22 heteroatoms. The Bertz CT molecular complexity index is 3490. The molecule has 6 aromatic rings. The van der Waals surface area contributed by atoms with E-state index < -0.39 is 58.3 Å². The van der Waals surface area contributed by atoms with Gasteiger partial charge in [0, 0.05) is 61.1 Å². The Labute approximate surface area is 477 Å². The third-order valence-electron chi connectivity index (χ3n) is 12.4. The molecule has 2 aromatic carbocycles. The third-order valence-corrected chi connectivity index (χ3v) is 12.4. The van der Waals surface area contributed by atoms with Gasteiger partial charge in [0.1, 0.15) is 40.0 Å². The molecule has 0 saturated carbocycles. The molecule has 0 aliphatic carbocycles. The van der Waals surface area contributed by atoms with Crippen molar-refractivity contribution in [2.45, 2.75) is 91.3 Å². The number of nitrogens with two attached hydrogens (primary N) is 1. The van der Waals surface area contributed by atoms with Crippen molar-refractivity contribution in [1.82, 2.24) is 25.3 Å². The Balaban J connectivity index is 0.000000242. The van der Waals surface area contributed by atoms with Crippen molar-refractivity contribution in [3.8, 4) is 45.9 Å². The number of hydrogen-bond donors (Lipinski definition) is 4. The first-order valence-corrected chi connectivity index (χ1v) is 26.4. The van der Waals surface area contributed by atoms with Crippen LogP contribution < -0.4 is 31.5 Å². The van der Waals surface area contributed by atoms with Gasteiger partial charge < -0.3 is 45.7 Å². The molecule has 4 aromatic heterocycles. The summed E-state index contributed by atoms with van der Waals surface area (Å²) in [6, 6.07) is 22.0. The number of rotatable bonds is 9. The van der Waals surface area contributed by atoms with Gasteiger partial charge in [0.25, 0.3) is 11.8 Å². The molecule has 5 N–H and O–H groups in total. The number of benzene rings is 2. The van der Waals surface area contributed by atoms with Gasteiger partial charge in [-0.3, -0.25) is 19.6 Å². The minimum atomic E-state index is -4.67. The summed E-state index contributed by atoms with van der Waals surface area (Å²) in [4.78, 5) is 58.3. The monoisotopic (exact) mass is 1150 g/mol. The molecule has 3 amide bonds. The number of pyridine rings is 4. The van der Waals surface area contributed by atoms with E-state index in [2.05, 4.69) is 59.4 Å². The van der Waals surface area contributed by atoms with E-state index in [1.807, 2.05) is 64.1 Å². The number of alkyl carbamates (subject to hydrolysis) is 1. The maximum atomic E-state index is 13.1. The second-order valence-electron chi connectivity index (χ2n) is 21.7. The Morgan fingerprint density at radius 3 is 1.37 bits per heavy atom. The highest BCUT2D eigenvalue weighted by atomic mass is 19.4. The summed E-state index contributed by atoms with van der Waals surface area (Å²) in [6.07, 6.45) is -7.99. The molecular formula is C61H64F6N10O6. The maximum absolute atomic E-state index is 13.1. The molecule has 0 radical (unpaired) electrons. The van der Waals surface area contributed by atoms with Crippen LogP contribution in [0.15, 0.2) is 97.3 Å². The van der Waals surface area contributed by atoms with Crippen molar-refractivity contribution in [3.05, 3.63) is 142 Å². The quantitative estimate of drug-likeness (QED) is 0.0788. The molecular weight excluding hydrogens is 1080 g/mol. The number of halogens is 6. The predicted molar refractivity (Wildman–Crippen MR) is 305 cm³/mol. The van der Waals surface area contributed by atoms with Crippen molar-refractivity contribution in [2.75, 3.05) is 73.0 Å². The van der Waals surface area contributed by atoms with Crippen LogP contribution >= 0.6 is 0 Å². The summed E-state index contributed by atoms with van der Waals surface area (Å²) >= 11 is 0. The summed E-state index contributed by atoms with van der Waals surface area (Å²) in [5.41, 5.74) is 8.01. The molecule has 0 atom stereocenters. The molecule has 16 nitrogen and oxygen atoms in total. The number of alkyl halides is 6. The Morgan fingerprint density at radius 1 is 0.578 bits per heavy atom. The van der Waals surface area contributed by atoms with E-state index in [1.54, 1.807) is 58.9 Å². The van der Waals surface area contributed by atoms with E-state index in [4.69, 9.17) is 29.9 Å². The molecule has 2 fully saturated rings. The van der Waals surface area contributed by atoms with Crippen LogP contribution in [0, 0.1) is 37.5 Å². The molecule has 2 aliphatic rings. The average Bonchev–Trinajstić information content (AvgIpc) is 3.64. The third kappa shape index (κ3) is 18.2. The van der Waals surface area contributed by atoms with Crippen LogP contribution in [0.5, 0.6) is 0 Å². The van der Waals surface area contributed by atoms with Gasteiger partial charge in [-0.1, -0.05) is 24.0 Å². The normalized spacial score (nSPS) is 13.9. The highest BCUT2D eigenvalue weighted by Crippen LogP contribution is 2.34. The van der Waals surface area contributed by atoms with Gasteiger partial charge in [0.2, 0.25) is 0 Å². The van der Waals surface area contributed by atoms with Gasteiger partial charge >= 0.3 is 18.4 Å². The van der Waals surface area contributed by atoms with Crippen LogP contribution in [0.1, 0.15) is 103 Å². The van der Waals surface area contributed by atoms with Crippen LogP contribution in [-0.2, 0) is 26.6 Å². The van der Waals surface area contributed by atoms with Crippen molar-refractivity contribution in [2.24, 2.45) is 5.73 Å². The number of hydrogen-bond acceptors (Lipinski definition) is 13. The van der Waals surface area contributed by atoms with Crippen LogP contribution in [0.3, 0.4) is 0 Å². The van der Waals surface area contributed by atoms with Gasteiger partial charge in [-0.25, -0.2) is 14.8 Å². The van der Waals surface area contributed by atoms with E-state index in [0.29, 0.717) is 87.3 Å². The standard InChI is InChI=1S/C33H36F3N5O4.C28H28F3N5O2/c1-21-7-8-24(39-29(42)22-10-12-37-27(18-22)33(34,35)36)20-26(21)23-17-25(38-28(19-23)41-13-15-44-16-14-41)9-11-32(5,6)40-30(43)45-31(2,3)4;1-18-4-5-21(35-26(37)19-7-9-33-24(15-19)28(29,30)31)17-23(18)20-14-22(6-8-27(2,3)32)34-25(16-20)36-10-12-38-13-11-36/h7-8,10,12,17-20H,13-16H2,1-6H3,(H,39,42)(H,40,43);4-5,7,9,14-17H,10-13,32H2,1-3H3,(H,35,37). The lowest BCUT2D eigenvalue weighted by Gasteiger charge is -2.28. The molecule has 0 spiro atoms. The fraction of sp³-hybridized carbons (Fsp3) is 0.361. The SMILES string of the molecule is Cc1ccc(NC(=O)c2ccnc(C(F)(F)F)c2)cc1-c1cc(C#CC(C)(C)N)nc(N2CCOCC2)c1.Cc1ccc(NC(=O)c2ccnc(C(F)(F)F)c2)cc1-c1cc(C#CC(C)(C)NC(=O)OC(C)(C)C)nc(N2CCOCC2)c1. The van der Waals surface area contributed by atoms with Gasteiger partial charge in [-0.2, -0.15) is 26.3 Å². The lowest BCUT2D eigenvalue weighted by Crippen LogP contribution is -2.44. The fourth-order valence-corrected chi connectivity index (χ4v) is 8.30. The van der Waals surface area contributed by atoms with Crippen molar-refractivity contribution >= 4 is 40.9 Å². The van der Waals surface area contributed by atoms with E-state index in [0.717, 1.165) is 57.7 Å². The smallest absolute Gasteiger partial charge is 0.433 e. The summed E-state index contributed by atoms with van der Waals surface area (Å²) in [5, 5.41) is 8.15. The molecule has 436 valence electrons. The highest BCUT2D eigenvalue weighted by molar-refractivity contribution is 6.05. The van der Waals surface area contributed by atoms with Gasteiger partial charge in [0.05, 0.1) is 37.5 Å². The van der Waals surface area contributed by atoms with Crippen LogP contribution in [0.2, 0.25) is 0 Å². The summed E-state index contributed by atoms with van der Waals surface area (Å²) < 4.78 is 94.9. The number of nitrogens with one attached hydrogen (secondary N) is 3. The second kappa shape index (κ2) is 25.7. The Morgan fingerprint density at radius 2 is 0.988 bits per heavy atom. The molecule has 2 saturated heterocycles. The number of amides is 3. The lowest BCUT2D eigenvalue weighted by molar-refractivity contribution is -0.142. The zero-order valence-electron chi connectivity index (χ0n) is 47.4. The van der Waals surface area contributed by atoms with Gasteiger partial charge in [0.15, 0.2) is 0 Å². The first-order valence-electron chi connectivity index (χ1n) is 26.4. The topological polar surface area (TPSA) is 199 Å². The molecule has 6 heterocycles. The zero-order valence-corrected chi connectivity index (χ0v) is 47.4. The van der Waals surface area contributed by atoms with Crippen molar-refractivity contribution in [3.63, 3.8) is 0 Å². The van der Waals surface area contributed by atoms with Crippen LogP contribution in [0.25, 0.3) is 22.3 Å². The molecule has 0 unspecified atom stereocenters. The number of nitrogens with zero attached hydrogens (tertiary/aromatic N) is 6. The number of carbonyl (C=O) groups excluding carboxylic acids is 3. The first-order chi connectivity index (χ1) is 38.9. The van der Waals surface area contributed by atoms with E-state index in [1.165, 1.54) is 12.1 Å². The number of carbonyl (C=O) groups is 3. The minimum Gasteiger partial charge on any atom is -0.444 e. The number of morpholine rings is 2. The Kier molecular flexibility index (Phi) is 19.2. The van der Waals surface area contributed by atoms with Crippen molar-refractivity contribution < 1.29 is 54.9 Å². The maximum Gasteiger partial charge on any atom is 0.433 e. The molecule has 2 aliphatic heterocycles. The summed E-state index contributed by atoms with van der Waals surface area (Å²) in [5.74, 6) is 12.3. The predicted octanol–water partition coefficient (Wildman–Crippen LogP) is 10.9. The van der Waals surface area contributed by atoms with Crippen molar-refractivity contribution in [1.29, 1.82) is 0 Å². The molecule has 83 heavy (non-hydrogen) atoms. The number of aromatic nitrogens is 4. The van der Waals surface area contributed by atoms with Crippen LogP contribution in [0.4, 0.5) is 54.1 Å². The zero-order chi connectivity index (χ0) is 60.5. The lowest BCUT2D eigenvalue weighted by atomic mass is 9.99.